The largest absolute Gasteiger partial charge is 0.336 e. The fraction of sp³-hybridized carbons (Fsp3) is 0.538. The van der Waals surface area contributed by atoms with E-state index in [9.17, 15) is 9.59 Å². The molecule has 2 fully saturated rings. The Bertz CT molecular complexity index is 590. The van der Waals surface area contributed by atoms with Gasteiger partial charge >= 0.3 is 12.1 Å². The van der Waals surface area contributed by atoms with Crippen molar-refractivity contribution in [2.75, 3.05) is 13.1 Å². The summed E-state index contributed by atoms with van der Waals surface area (Å²) < 4.78 is 0. The number of nitrogens with one attached hydrogen (secondary N) is 1. The molecule has 1 aromatic rings. The normalized spacial score (nSPS) is 27.5. The summed E-state index contributed by atoms with van der Waals surface area (Å²) in [7, 11) is 0. The van der Waals surface area contributed by atoms with Crippen LogP contribution in [0.4, 0.5) is 9.59 Å². The Morgan fingerprint density at radius 2 is 2.30 bits per heavy atom. The van der Waals surface area contributed by atoms with Crippen LogP contribution in [0, 0.1) is 0 Å². The molecule has 4 amide bonds. The monoisotopic (exact) mass is 273 g/mol. The van der Waals surface area contributed by atoms with Crippen molar-refractivity contribution in [2.24, 2.45) is 0 Å². The number of urea groups is 2. The van der Waals surface area contributed by atoms with Crippen LogP contribution in [0.2, 0.25) is 0 Å². The summed E-state index contributed by atoms with van der Waals surface area (Å²) in [6.45, 7) is 0.985. The van der Waals surface area contributed by atoms with Gasteiger partial charge in [0.05, 0.1) is 11.7 Å². The van der Waals surface area contributed by atoms with Gasteiger partial charge in [0.15, 0.2) is 0 Å². The molecular weight excluding hydrogens is 258 g/mol. The van der Waals surface area contributed by atoms with E-state index in [0.29, 0.717) is 13.1 Å². The molecule has 2 bridgehead atoms. The first-order valence-corrected chi connectivity index (χ1v) is 6.92. The Morgan fingerprint density at radius 3 is 3.10 bits per heavy atom. The molecule has 7 heteroatoms. The number of nitrogens with zero attached hydrogens (tertiary/aromatic N) is 4. The molecule has 4 heterocycles. The van der Waals surface area contributed by atoms with Crippen LogP contribution in [-0.2, 0) is 6.42 Å². The van der Waals surface area contributed by atoms with Crippen LogP contribution in [0.15, 0.2) is 12.5 Å². The predicted octanol–water partition coefficient (Wildman–Crippen LogP) is 0.683. The molecule has 20 heavy (non-hydrogen) atoms. The average molecular weight is 273 g/mol. The molecule has 0 saturated carbocycles. The molecule has 4 rings (SSSR count). The Labute approximate surface area is 116 Å². The molecule has 0 aromatic carbocycles. The summed E-state index contributed by atoms with van der Waals surface area (Å²) in [5, 5.41) is 2.67. The molecule has 104 valence electrons. The predicted molar refractivity (Wildman–Crippen MR) is 68.8 cm³/mol. The van der Waals surface area contributed by atoms with Gasteiger partial charge in [0.25, 0.3) is 0 Å². The second-order valence-corrected chi connectivity index (χ2v) is 5.45. The van der Waals surface area contributed by atoms with Crippen LogP contribution in [0.3, 0.4) is 0 Å². The van der Waals surface area contributed by atoms with Gasteiger partial charge in [0, 0.05) is 37.3 Å². The average Bonchev–Trinajstić information content (AvgIpc) is 3.02. The Kier molecular flexibility index (Phi) is 2.42. The number of hydrogen-bond donors (Lipinski definition) is 1. The summed E-state index contributed by atoms with van der Waals surface area (Å²) in [5.41, 5.74) is 2.08. The van der Waals surface area contributed by atoms with Gasteiger partial charge in [-0.2, -0.15) is 0 Å². The summed E-state index contributed by atoms with van der Waals surface area (Å²) in [4.78, 5) is 35.9. The van der Waals surface area contributed by atoms with E-state index >= 15 is 0 Å². The Morgan fingerprint density at radius 1 is 1.40 bits per heavy atom. The number of carbonyl (C=O) groups is 2. The lowest BCUT2D eigenvalue weighted by Crippen LogP contribution is -2.50. The van der Waals surface area contributed by atoms with Crippen LogP contribution < -0.4 is 5.32 Å². The second kappa shape index (κ2) is 4.16. The van der Waals surface area contributed by atoms with Gasteiger partial charge in [-0.15, -0.1) is 0 Å². The van der Waals surface area contributed by atoms with E-state index in [-0.39, 0.29) is 24.1 Å². The van der Waals surface area contributed by atoms with Gasteiger partial charge in [-0.3, -0.25) is 0 Å². The van der Waals surface area contributed by atoms with Crippen molar-refractivity contribution in [2.45, 2.75) is 31.3 Å². The molecule has 2 atom stereocenters. The number of amides is 4. The van der Waals surface area contributed by atoms with E-state index in [1.807, 2.05) is 4.90 Å². The highest BCUT2D eigenvalue weighted by molar-refractivity contribution is 5.95. The lowest BCUT2D eigenvalue weighted by molar-refractivity contribution is 0.137. The minimum atomic E-state index is -0.287. The standard InChI is InChI=1S/C13H15N5O2/c19-12-15-3-4-17(12)13(20)18-8-1-2-11(18)9-6-14-7-16-10(9)5-8/h6-8,11H,1-5H2,(H,15,19). The zero-order chi connectivity index (χ0) is 13.7. The summed E-state index contributed by atoms with van der Waals surface area (Å²) in [6, 6.07) is -0.291. The first-order valence-electron chi connectivity index (χ1n) is 6.92. The van der Waals surface area contributed by atoms with E-state index in [1.54, 1.807) is 12.5 Å². The number of rotatable bonds is 0. The first-order chi connectivity index (χ1) is 9.75. The Hall–Kier alpha value is -2.18. The maximum atomic E-state index is 12.6. The van der Waals surface area contributed by atoms with Gasteiger partial charge in [-0.05, 0) is 12.8 Å². The maximum Gasteiger partial charge on any atom is 0.328 e. The molecule has 1 aromatic heterocycles. The van der Waals surface area contributed by atoms with Crippen LogP contribution in [0.5, 0.6) is 0 Å². The number of fused-ring (bicyclic) bond motifs is 4. The molecule has 2 unspecified atom stereocenters. The maximum absolute atomic E-state index is 12.6. The van der Waals surface area contributed by atoms with Crippen LogP contribution in [0.1, 0.15) is 30.1 Å². The topological polar surface area (TPSA) is 78.4 Å². The number of carbonyl (C=O) groups excluding carboxylic acids is 2. The van der Waals surface area contributed by atoms with Gasteiger partial charge in [0.2, 0.25) is 0 Å². The minimum Gasteiger partial charge on any atom is -0.336 e. The van der Waals surface area contributed by atoms with E-state index in [1.165, 1.54) is 4.90 Å². The molecule has 0 spiro atoms. The number of hydrogen-bond acceptors (Lipinski definition) is 4. The lowest BCUT2D eigenvalue weighted by atomic mass is 10.00. The third-order valence-corrected chi connectivity index (χ3v) is 4.43. The first kappa shape index (κ1) is 11.6. The van der Waals surface area contributed by atoms with Crippen LogP contribution in [0.25, 0.3) is 0 Å². The van der Waals surface area contributed by atoms with Gasteiger partial charge in [-0.25, -0.2) is 24.5 Å². The van der Waals surface area contributed by atoms with Crippen molar-refractivity contribution in [3.05, 3.63) is 23.8 Å². The summed E-state index contributed by atoms with van der Waals surface area (Å²) in [6.07, 6.45) is 6.01. The smallest absolute Gasteiger partial charge is 0.328 e. The van der Waals surface area contributed by atoms with E-state index < -0.39 is 0 Å². The third kappa shape index (κ3) is 1.52. The van der Waals surface area contributed by atoms with Gasteiger partial charge in [0.1, 0.15) is 6.33 Å². The summed E-state index contributed by atoms with van der Waals surface area (Å²) >= 11 is 0. The fourth-order valence-electron chi connectivity index (χ4n) is 3.51. The SMILES string of the molecule is O=C1NCCN1C(=O)N1C2CCC1c1cncnc1C2. The highest BCUT2D eigenvalue weighted by Crippen LogP contribution is 2.43. The zero-order valence-corrected chi connectivity index (χ0v) is 11.0. The van der Waals surface area contributed by atoms with Crippen molar-refractivity contribution >= 4 is 12.1 Å². The van der Waals surface area contributed by atoms with Gasteiger partial charge in [-0.1, -0.05) is 0 Å². The number of imide groups is 1. The van der Waals surface area contributed by atoms with Crippen molar-refractivity contribution in [1.82, 2.24) is 25.1 Å². The quantitative estimate of drug-likeness (QED) is 0.754. The Balaban J connectivity index is 1.67. The zero-order valence-electron chi connectivity index (χ0n) is 11.0. The molecule has 7 nitrogen and oxygen atoms in total. The lowest BCUT2D eigenvalue weighted by Gasteiger charge is -2.36. The molecule has 3 aliphatic heterocycles. The molecule has 1 N–H and O–H groups in total. The molecular formula is C13H15N5O2. The second-order valence-electron chi connectivity index (χ2n) is 5.45. The highest BCUT2D eigenvalue weighted by Gasteiger charge is 2.46. The van der Waals surface area contributed by atoms with E-state index in [2.05, 4.69) is 15.3 Å². The fourth-order valence-corrected chi connectivity index (χ4v) is 3.51. The van der Waals surface area contributed by atoms with Crippen molar-refractivity contribution in [3.63, 3.8) is 0 Å². The highest BCUT2D eigenvalue weighted by atomic mass is 16.2. The minimum absolute atomic E-state index is 0.0193. The van der Waals surface area contributed by atoms with Crippen molar-refractivity contribution in [3.8, 4) is 0 Å². The third-order valence-electron chi connectivity index (χ3n) is 4.43. The number of aromatic nitrogens is 2. The van der Waals surface area contributed by atoms with Crippen molar-refractivity contribution < 1.29 is 9.59 Å². The van der Waals surface area contributed by atoms with E-state index in [0.717, 1.165) is 30.5 Å². The van der Waals surface area contributed by atoms with Crippen LogP contribution >= 0.6 is 0 Å². The molecule has 0 radical (unpaired) electrons. The molecule has 0 aliphatic carbocycles. The van der Waals surface area contributed by atoms with Crippen molar-refractivity contribution in [1.29, 1.82) is 0 Å². The van der Waals surface area contributed by atoms with Crippen LogP contribution in [-0.4, -0.2) is 51.0 Å². The molecule has 2 saturated heterocycles. The summed E-state index contributed by atoms with van der Waals surface area (Å²) in [5.74, 6) is 0. The van der Waals surface area contributed by atoms with Gasteiger partial charge < -0.3 is 10.2 Å². The molecule has 3 aliphatic rings. The van der Waals surface area contributed by atoms with E-state index in [4.69, 9.17) is 0 Å².